The predicted molar refractivity (Wildman–Crippen MR) is 131 cm³/mol. The van der Waals surface area contributed by atoms with Crippen LogP contribution < -0.4 is 10.1 Å². The zero-order valence-corrected chi connectivity index (χ0v) is 19.9. The Hall–Kier alpha value is -4.64. The van der Waals surface area contributed by atoms with Gasteiger partial charge in [-0.2, -0.15) is 5.26 Å². The maximum Gasteiger partial charge on any atom is 0.349 e. The summed E-state index contributed by atoms with van der Waals surface area (Å²) in [6.45, 7) is 4.68. The van der Waals surface area contributed by atoms with Crippen molar-refractivity contribution >= 4 is 29.4 Å². The number of carbonyl (C=O) groups is 3. The zero-order valence-electron chi connectivity index (χ0n) is 19.9. The fraction of sp³-hybridized carbons (Fsp3) is 0.185. The highest BCUT2D eigenvalue weighted by atomic mass is 16.5. The number of esters is 1. The molecule has 0 spiro atoms. The number of amides is 1. The summed E-state index contributed by atoms with van der Waals surface area (Å²) in [7, 11) is 1.60. The Bertz CT molecular complexity index is 1330. The van der Waals surface area contributed by atoms with Gasteiger partial charge in [-0.3, -0.25) is 9.59 Å². The highest BCUT2D eigenvalue weighted by Gasteiger charge is 2.17. The lowest BCUT2D eigenvalue weighted by molar-refractivity contribution is -0.137. The molecule has 1 aromatic heterocycles. The van der Waals surface area contributed by atoms with Crippen LogP contribution in [0.5, 0.6) is 5.75 Å². The van der Waals surface area contributed by atoms with Gasteiger partial charge in [-0.25, -0.2) is 4.79 Å². The van der Waals surface area contributed by atoms with Gasteiger partial charge in [0.2, 0.25) is 5.91 Å². The van der Waals surface area contributed by atoms with Gasteiger partial charge in [-0.05, 0) is 80.1 Å². The normalized spacial score (nSPS) is 10.9. The van der Waals surface area contributed by atoms with Gasteiger partial charge >= 0.3 is 5.97 Å². The van der Waals surface area contributed by atoms with Crippen molar-refractivity contribution < 1.29 is 23.9 Å². The second-order valence-corrected chi connectivity index (χ2v) is 7.79. The van der Waals surface area contributed by atoms with Crippen molar-refractivity contribution in [2.24, 2.45) is 0 Å². The van der Waals surface area contributed by atoms with E-state index in [1.54, 1.807) is 19.2 Å². The van der Waals surface area contributed by atoms with Crippen LogP contribution in [0.15, 0.2) is 60.2 Å². The standard InChI is InChI=1S/C27H25N3O5/c1-17-13-21(18(2)30(17)24-9-11-25(34-4)12-10-24)14-22(15-28)27(33)35-16-26(32)20-5-7-23(8-6-20)29-19(3)31/h5-14H,16H2,1-4H3,(H,29,31)/b22-14+. The Balaban J connectivity index is 1.72. The summed E-state index contributed by atoms with van der Waals surface area (Å²) < 4.78 is 12.3. The zero-order chi connectivity index (χ0) is 25.5. The van der Waals surface area contributed by atoms with E-state index in [2.05, 4.69) is 5.32 Å². The summed E-state index contributed by atoms with van der Waals surface area (Å²) in [5.74, 6) is -0.796. The molecule has 178 valence electrons. The highest BCUT2D eigenvalue weighted by molar-refractivity contribution is 6.02. The summed E-state index contributed by atoms with van der Waals surface area (Å²) in [6, 6.07) is 17.5. The molecular weight excluding hydrogens is 446 g/mol. The first-order chi connectivity index (χ1) is 16.7. The number of ketones is 1. The summed E-state index contributed by atoms with van der Waals surface area (Å²) in [4.78, 5) is 36.0. The molecule has 0 saturated heterocycles. The fourth-order valence-electron chi connectivity index (χ4n) is 3.59. The second-order valence-electron chi connectivity index (χ2n) is 7.79. The number of hydrogen-bond donors (Lipinski definition) is 1. The Morgan fingerprint density at radius 3 is 2.29 bits per heavy atom. The maximum absolute atomic E-state index is 12.5. The monoisotopic (exact) mass is 471 g/mol. The number of benzene rings is 2. The average Bonchev–Trinajstić information content (AvgIpc) is 3.13. The van der Waals surface area contributed by atoms with Crippen molar-refractivity contribution in [3.63, 3.8) is 0 Å². The van der Waals surface area contributed by atoms with E-state index in [0.29, 0.717) is 16.8 Å². The van der Waals surface area contributed by atoms with Crippen molar-refractivity contribution in [1.82, 2.24) is 4.57 Å². The van der Waals surface area contributed by atoms with Crippen LogP contribution in [-0.4, -0.2) is 35.9 Å². The van der Waals surface area contributed by atoms with E-state index in [4.69, 9.17) is 9.47 Å². The summed E-state index contributed by atoms with van der Waals surface area (Å²) in [5, 5.41) is 12.1. The van der Waals surface area contributed by atoms with Gasteiger partial charge in [0.1, 0.15) is 17.4 Å². The van der Waals surface area contributed by atoms with E-state index in [0.717, 1.165) is 22.8 Å². The number of ether oxygens (including phenoxy) is 2. The number of hydrogen-bond acceptors (Lipinski definition) is 6. The lowest BCUT2D eigenvalue weighted by Crippen LogP contribution is -2.15. The minimum absolute atomic E-state index is 0.214. The number of carbonyl (C=O) groups excluding carboxylic acids is 3. The van der Waals surface area contributed by atoms with Crippen LogP contribution in [0.4, 0.5) is 5.69 Å². The number of Topliss-reactive ketones (excluding diaryl/α,β-unsaturated/α-hetero) is 1. The smallest absolute Gasteiger partial charge is 0.349 e. The fourth-order valence-corrected chi connectivity index (χ4v) is 3.59. The SMILES string of the molecule is COc1ccc(-n2c(C)cc(/C=C(\C#N)C(=O)OCC(=O)c3ccc(NC(C)=O)cc3)c2C)cc1. The first kappa shape index (κ1) is 25.0. The summed E-state index contributed by atoms with van der Waals surface area (Å²) >= 11 is 0. The first-order valence-corrected chi connectivity index (χ1v) is 10.8. The Morgan fingerprint density at radius 2 is 1.71 bits per heavy atom. The van der Waals surface area contributed by atoms with Crippen molar-refractivity contribution in [1.29, 1.82) is 5.26 Å². The van der Waals surface area contributed by atoms with E-state index in [1.165, 1.54) is 25.1 Å². The van der Waals surface area contributed by atoms with Crippen LogP contribution >= 0.6 is 0 Å². The molecule has 8 nitrogen and oxygen atoms in total. The van der Waals surface area contributed by atoms with Crippen molar-refractivity contribution in [3.8, 4) is 17.5 Å². The minimum Gasteiger partial charge on any atom is -0.497 e. The van der Waals surface area contributed by atoms with Gasteiger partial charge in [0.25, 0.3) is 0 Å². The molecule has 0 aliphatic rings. The largest absolute Gasteiger partial charge is 0.497 e. The molecular formula is C27H25N3O5. The molecule has 0 radical (unpaired) electrons. The van der Waals surface area contributed by atoms with E-state index in [9.17, 15) is 19.6 Å². The number of aryl methyl sites for hydroxylation is 1. The van der Waals surface area contributed by atoms with Crippen LogP contribution in [-0.2, 0) is 14.3 Å². The molecule has 2 aromatic carbocycles. The van der Waals surface area contributed by atoms with E-state index in [-0.39, 0.29) is 11.5 Å². The summed E-state index contributed by atoms with van der Waals surface area (Å²) in [5.41, 5.74) is 4.01. The van der Waals surface area contributed by atoms with Crippen LogP contribution in [0.25, 0.3) is 11.8 Å². The average molecular weight is 472 g/mol. The molecule has 3 aromatic rings. The molecule has 0 bridgehead atoms. The molecule has 0 aliphatic heterocycles. The second kappa shape index (κ2) is 11.0. The van der Waals surface area contributed by atoms with Gasteiger partial charge in [0.15, 0.2) is 12.4 Å². The molecule has 1 N–H and O–H groups in total. The first-order valence-electron chi connectivity index (χ1n) is 10.8. The third-order valence-corrected chi connectivity index (χ3v) is 5.30. The van der Waals surface area contributed by atoms with Gasteiger partial charge in [0.05, 0.1) is 7.11 Å². The Kier molecular flexibility index (Phi) is 7.85. The number of aromatic nitrogens is 1. The summed E-state index contributed by atoms with van der Waals surface area (Å²) in [6.07, 6.45) is 1.46. The molecule has 0 fully saturated rings. The van der Waals surface area contributed by atoms with Crippen LogP contribution in [0.1, 0.15) is 34.2 Å². The number of nitrogens with zero attached hydrogens (tertiary/aromatic N) is 2. The quantitative estimate of drug-likeness (QED) is 0.226. The Morgan fingerprint density at radius 1 is 1.06 bits per heavy atom. The van der Waals surface area contributed by atoms with E-state index >= 15 is 0 Å². The third-order valence-electron chi connectivity index (χ3n) is 5.30. The maximum atomic E-state index is 12.5. The predicted octanol–water partition coefficient (Wildman–Crippen LogP) is 4.39. The number of nitrogens with one attached hydrogen (secondary N) is 1. The number of anilines is 1. The van der Waals surface area contributed by atoms with E-state index < -0.39 is 18.4 Å². The van der Waals surface area contributed by atoms with Gasteiger partial charge in [-0.1, -0.05) is 0 Å². The molecule has 0 aliphatic carbocycles. The molecule has 8 heteroatoms. The van der Waals surface area contributed by atoms with Crippen molar-refractivity contribution in [3.05, 3.63) is 82.7 Å². The molecule has 35 heavy (non-hydrogen) atoms. The minimum atomic E-state index is -0.884. The lowest BCUT2D eigenvalue weighted by Gasteiger charge is -2.10. The number of rotatable bonds is 8. The van der Waals surface area contributed by atoms with Gasteiger partial charge in [0, 0.05) is 35.2 Å². The number of nitriles is 1. The van der Waals surface area contributed by atoms with Crippen LogP contribution in [0, 0.1) is 25.2 Å². The van der Waals surface area contributed by atoms with Gasteiger partial charge in [-0.15, -0.1) is 0 Å². The molecule has 1 heterocycles. The Labute approximate surface area is 203 Å². The molecule has 3 rings (SSSR count). The van der Waals surface area contributed by atoms with Gasteiger partial charge < -0.3 is 19.4 Å². The topological polar surface area (TPSA) is 110 Å². The highest BCUT2D eigenvalue weighted by Crippen LogP contribution is 2.24. The van der Waals surface area contributed by atoms with Crippen LogP contribution in [0.3, 0.4) is 0 Å². The van der Waals surface area contributed by atoms with Crippen LogP contribution in [0.2, 0.25) is 0 Å². The molecule has 0 saturated carbocycles. The third kappa shape index (κ3) is 6.03. The van der Waals surface area contributed by atoms with Crippen molar-refractivity contribution in [2.45, 2.75) is 20.8 Å². The lowest BCUT2D eigenvalue weighted by atomic mass is 10.1. The molecule has 0 atom stereocenters. The number of methoxy groups -OCH3 is 1. The van der Waals surface area contributed by atoms with Crippen molar-refractivity contribution in [2.75, 3.05) is 19.0 Å². The molecule has 1 amide bonds. The molecule has 0 unspecified atom stereocenters. The van der Waals surface area contributed by atoms with E-state index in [1.807, 2.05) is 54.8 Å².